The molecule has 0 saturated heterocycles. The summed E-state index contributed by atoms with van der Waals surface area (Å²) in [6.45, 7) is 0. The van der Waals surface area contributed by atoms with Crippen LogP contribution in [-0.2, 0) is 0 Å². The van der Waals surface area contributed by atoms with Gasteiger partial charge in [-0.3, -0.25) is 0 Å². The lowest BCUT2D eigenvalue weighted by molar-refractivity contribution is 0.420. The lowest BCUT2D eigenvalue weighted by Crippen LogP contribution is -2.09. The average Bonchev–Trinajstić information content (AvgIpc) is 4.23. The monoisotopic (exact) mass is 897 g/mol. The van der Waals surface area contributed by atoms with Gasteiger partial charge in [-0.15, -0.1) is 0 Å². The van der Waals surface area contributed by atoms with Crippen LogP contribution in [0.4, 0.5) is 17.1 Å². The van der Waals surface area contributed by atoms with Gasteiger partial charge in [0.1, 0.15) is 0 Å². The van der Waals surface area contributed by atoms with Crippen molar-refractivity contribution < 1.29 is 0 Å². The minimum Gasteiger partial charge on any atom is -0.311 e. The van der Waals surface area contributed by atoms with E-state index in [1.54, 1.807) is 0 Å². The Hall–Kier alpha value is -8.40. The van der Waals surface area contributed by atoms with E-state index < -0.39 is 0 Å². The summed E-state index contributed by atoms with van der Waals surface area (Å²) in [6, 6.07) is 89.6. The number of aromatic nitrogens is 2. The van der Waals surface area contributed by atoms with E-state index in [-0.39, 0.29) is 0 Å². The van der Waals surface area contributed by atoms with E-state index in [0.717, 1.165) is 34.8 Å². The van der Waals surface area contributed by atoms with Crippen LogP contribution in [0, 0.1) is 11.8 Å². The third-order valence-electron chi connectivity index (χ3n) is 15.8. The van der Waals surface area contributed by atoms with Crippen LogP contribution < -0.4 is 4.90 Å². The summed E-state index contributed by atoms with van der Waals surface area (Å²) in [5.41, 5.74) is 19.3. The van der Waals surface area contributed by atoms with Crippen molar-refractivity contribution in [1.29, 1.82) is 0 Å². The fraction of sp³-hybridized carbons (Fsp3) is 0.104. The van der Waals surface area contributed by atoms with Crippen LogP contribution in [0.3, 0.4) is 0 Å². The number of nitrogens with zero attached hydrogens (tertiary/aromatic N) is 3. The molecule has 2 aliphatic rings. The molecule has 2 fully saturated rings. The van der Waals surface area contributed by atoms with Gasteiger partial charge in [0.2, 0.25) is 0 Å². The zero-order chi connectivity index (χ0) is 46.1. The van der Waals surface area contributed by atoms with E-state index in [1.807, 2.05) is 0 Å². The third-order valence-corrected chi connectivity index (χ3v) is 15.8. The summed E-state index contributed by atoms with van der Waals surface area (Å²) >= 11 is 0. The van der Waals surface area contributed by atoms with Crippen LogP contribution in [0.5, 0.6) is 0 Å². The first-order valence-corrected chi connectivity index (χ1v) is 25.1. The number of hydrogen-bond donors (Lipinski definition) is 0. The molecule has 2 aliphatic carbocycles. The average molecular weight is 898 g/mol. The van der Waals surface area contributed by atoms with Crippen molar-refractivity contribution >= 4 is 60.7 Å². The van der Waals surface area contributed by atoms with Gasteiger partial charge >= 0.3 is 0 Å². The van der Waals surface area contributed by atoms with Gasteiger partial charge in [-0.2, -0.15) is 0 Å². The van der Waals surface area contributed by atoms with Crippen molar-refractivity contribution in [3.63, 3.8) is 0 Å². The van der Waals surface area contributed by atoms with E-state index in [4.69, 9.17) is 0 Å². The summed E-state index contributed by atoms with van der Waals surface area (Å²) < 4.78 is 4.76. The second kappa shape index (κ2) is 16.7. The predicted molar refractivity (Wildman–Crippen MR) is 294 cm³/mol. The molecule has 2 saturated carbocycles. The van der Waals surface area contributed by atoms with Crippen molar-refractivity contribution in [2.45, 2.75) is 31.6 Å². The van der Waals surface area contributed by atoms with Gasteiger partial charge in [0.25, 0.3) is 0 Å². The lowest BCUT2D eigenvalue weighted by atomic mass is 9.83. The molecule has 14 rings (SSSR count). The number of benzene rings is 10. The molecule has 3 atom stereocenters. The molecule has 2 bridgehead atoms. The van der Waals surface area contributed by atoms with E-state index in [0.29, 0.717) is 0 Å². The van der Waals surface area contributed by atoms with Crippen molar-refractivity contribution in [2.24, 2.45) is 11.8 Å². The second-order valence-corrected chi connectivity index (χ2v) is 19.7. The minimum absolute atomic E-state index is 0.746. The molecule has 12 aromatic rings. The molecule has 334 valence electrons. The maximum atomic E-state index is 2.40. The topological polar surface area (TPSA) is 13.1 Å². The van der Waals surface area contributed by atoms with Gasteiger partial charge in [0.15, 0.2) is 0 Å². The zero-order valence-electron chi connectivity index (χ0n) is 39.0. The Bertz CT molecular complexity index is 3660. The van der Waals surface area contributed by atoms with Crippen molar-refractivity contribution in [3.8, 4) is 44.8 Å². The Labute approximate surface area is 409 Å². The van der Waals surface area contributed by atoms with Crippen molar-refractivity contribution in [2.75, 3.05) is 4.90 Å². The van der Waals surface area contributed by atoms with Gasteiger partial charge in [0, 0.05) is 50.0 Å². The molecule has 70 heavy (non-hydrogen) atoms. The van der Waals surface area contributed by atoms with Gasteiger partial charge in [-0.25, -0.2) is 0 Å². The van der Waals surface area contributed by atoms with Crippen molar-refractivity contribution in [1.82, 2.24) is 9.13 Å². The largest absolute Gasteiger partial charge is 0.311 e. The Morgan fingerprint density at radius 3 is 1.13 bits per heavy atom. The summed E-state index contributed by atoms with van der Waals surface area (Å²) in [4.78, 5) is 2.39. The zero-order valence-corrected chi connectivity index (χ0v) is 39.0. The molecule has 2 aromatic heterocycles. The highest BCUT2D eigenvalue weighted by Gasteiger charge is 2.40. The second-order valence-electron chi connectivity index (χ2n) is 19.7. The van der Waals surface area contributed by atoms with Crippen LogP contribution in [0.15, 0.2) is 243 Å². The predicted octanol–water partition coefficient (Wildman–Crippen LogP) is 18.3. The summed E-state index contributed by atoms with van der Waals surface area (Å²) in [5.74, 6) is 2.58. The number of fused-ring (bicyclic) bond motifs is 8. The van der Waals surface area contributed by atoms with Gasteiger partial charge in [-0.1, -0.05) is 152 Å². The first-order valence-electron chi connectivity index (χ1n) is 25.1. The first-order chi connectivity index (χ1) is 34.7. The van der Waals surface area contributed by atoms with Crippen LogP contribution in [0.25, 0.3) is 88.4 Å². The summed E-state index contributed by atoms with van der Waals surface area (Å²) in [5, 5.41) is 5.02. The molecule has 10 aromatic carbocycles. The molecular weight excluding hydrogens is 847 g/mol. The molecule has 0 radical (unpaired) electrons. The van der Waals surface area contributed by atoms with E-state index in [9.17, 15) is 0 Å². The van der Waals surface area contributed by atoms with Gasteiger partial charge in [0.05, 0.1) is 22.1 Å². The fourth-order valence-electron chi connectivity index (χ4n) is 12.4. The smallest absolute Gasteiger partial charge is 0.0541 e. The highest BCUT2D eigenvalue weighted by Crippen LogP contribution is 2.53. The highest BCUT2D eigenvalue weighted by molar-refractivity contribution is 6.11. The maximum Gasteiger partial charge on any atom is 0.0541 e. The lowest BCUT2D eigenvalue weighted by Gasteiger charge is -2.26. The van der Waals surface area contributed by atoms with Crippen LogP contribution >= 0.6 is 0 Å². The van der Waals surface area contributed by atoms with Crippen molar-refractivity contribution in [3.05, 3.63) is 248 Å². The normalized spacial score (nSPS) is 16.5. The number of para-hydroxylation sites is 4. The molecule has 3 nitrogen and oxygen atoms in total. The van der Waals surface area contributed by atoms with Gasteiger partial charge in [-0.05, 0) is 173 Å². The number of anilines is 3. The quantitative estimate of drug-likeness (QED) is 0.141. The fourth-order valence-corrected chi connectivity index (χ4v) is 12.4. The van der Waals surface area contributed by atoms with Crippen LogP contribution in [0.1, 0.15) is 37.2 Å². The SMILES string of the molecule is c1ccc(-n2c3ccccc3c3cc(-c4ccc(N(c5ccc(-c6ccc(C7CC8CCC7C8)cc6)cc5)c5ccc(-c6ccc7c(c6)c6ccccc6n7-c6ccccc6)cc5)cc4)ccc32)cc1. The van der Waals surface area contributed by atoms with Gasteiger partial charge < -0.3 is 14.0 Å². The summed E-state index contributed by atoms with van der Waals surface area (Å²) in [6.07, 6.45) is 5.66. The molecular formula is C67H51N3. The Morgan fingerprint density at radius 1 is 0.314 bits per heavy atom. The van der Waals surface area contributed by atoms with E-state index >= 15 is 0 Å². The Balaban J connectivity index is 0.819. The number of rotatable bonds is 9. The van der Waals surface area contributed by atoms with E-state index in [1.165, 1.54) is 120 Å². The first kappa shape index (κ1) is 40.6. The molecule has 0 spiro atoms. The summed E-state index contributed by atoms with van der Waals surface area (Å²) in [7, 11) is 0. The number of hydrogen-bond acceptors (Lipinski definition) is 1. The molecule has 0 N–H and O–H groups in total. The molecule has 3 heteroatoms. The Morgan fingerprint density at radius 2 is 0.700 bits per heavy atom. The van der Waals surface area contributed by atoms with Crippen LogP contribution in [0.2, 0.25) is 0 Å². The maximum absolute atomic E-state index is 2.40. The molecule has 3 unspecified atom stereocenters. The highest BCUT2D eigenvalue weighted by atomic mass is 15.1. The molecule has 2 heterocycles. The molecule has 0 aliphatic heterocycles. The molecule has 0 amide bonds. The standard InChI is InChI=1S/C67H51N3/c1-3-11-54(12-4-1)69-64-17-9-7-15-59(64)62-43-51(31-39-66(62)69)48-27-35-57(36-28-48)68(56-33-25-47(26-34-56)46-21-23-50(24-22-46)61-42-45-19-20-53(61)41-45)58-37-29-49(30-38-58)52-32-40-67-63(44-52)60-16-8-10-18-65(60)70(67)55-13-5-2-6-14-55/h1-18,21-40,43-45,53,61H,19-20,41-42H2. The Kier molecular flexibility index (Phi) is 9.69. The van der Waals surface area contributed by atoms with E-state index in [2.05, 4.69) is 257 Å². The minimum atomic E-state index is 0.746. The third kappa shape index (κ3) is 6.87. The van der Waals surface area contributed by atoms with Crippen LogP contribution in [-0.4, -0.2) is 9.13 Å².